The molecule has 0 aliphatic carbocycles. The fourth-order valence-electron chi connectivity index (χ4n) is 3.90. The number of aryl methyl sites for hydroxylation is 1. The monoisotopic (exact) mass is 400 g/mol. The summed E-state index contributed by atoms with van der Waals surface area (Å²) in [6.45, 7) is 4.32. The molecule has 148 valence electrons. The van der Waals surface area contributed by atoms with E-state index in [0.717, 1.165) is 11.1 Å². The van der Waals surface area contributed by atoms with E-state index in [1.165, 1.54) is 4.31 Å². The van der Waals surface area contributed by atoms with E-state index in [4.69, 9.17) is 4.74 Å². The van der Waals surface area contributed by atoms with Crippen LogP contribution in [0.25, 0.3) is 0 Å². The van der Waals surface area contributed by atoms with Crippen LogP contribution < -0.4 is 4.31 Å². The summed E-state index contributed by atoms with van der Waals surface area (Å²) >= 11 is 0. The molecule has 1 saturated heterocycles. The second kappa shape index (κ2) is 7.67. The highest BCUT2D eigenvalue weighted by atomic mass is 32.2. The van der Waals surface area contributed by atoms with Crippen LogP contribution >= 0.6 is 0 Å². The lowest BCUT2D eigenvalue weighted by molar-refractivity contribution is 0.0241. The number of anilines is 1. The largest absolute Gasteiger partial charge is 0.392 e. The van der Waals surface area contributed by atoms with Crippen molar-refractivity contribution in [2.45, 2.75) is 17.9 Å². The molecule has 2 aliphatic rings. The van der Waals surface area contributed by atoms with E-state index >= 15 is 0 Å². The second-order valence-electron chi connectivity index (χ2n) is 7.00. The highest BCUT2D eigenvalue weighted by Gasteiger charge is 2.43. The van der Waals surface area contributed by atoms with Crippen LogP contribution in [0.15, 0.2) is 65.2 Å². The van der Waals surface area contributed by atoms with E-state index in [2.05, 4.69) is 4.90 Å². The predicted octanol–water partition coefficient (Wildman–Crippen LogP) is 2.45. The fourth-order valence-corrected chi connectivity index (χ4v) is 5.47. The summed E-state index contributed by atoms with van der Waals surface area (Å²) in [7, 11) is -3.82. The van der Waals surface area contributed by atoms with E-state index in [-0.39, 0.29) is 17.5 Å². The van der Waals surface area contributed by atoms with Crippen molar-refractivity contribution in [3.63, 3.8) is 0 Å². The highest BCUT2D eigenvalue weighted by molar-refractivity contribution is 7.93. The Labute approximate surface area is 165 Å². The van der Waals surface area contributed by atoms with Crippen molar-refractivity contribution in [1.29, 1.82) is 0 Å². The molecular weight excluding hydrogens is 376 g/mol. The van der Waals surface area contributed by atoms with Crippen LogP contribution in [-0.2, 0) is 14.8 Å². The lowest BCUT2D eigenvalue weighted by Gasteiger charge is -2.34. The SMILES string of the molecule is Cc1ccc(S(=O)(=O)N2/C(=C/CO)[C@H](N3CCOCC3)c3ccccc32)cc1. The normalized spacial score (nSPS) is 21.9. The number of morpholine rings is 1. The van der Waals surface area contributed by atoms with Gasteiger partial charge in [-0.15, -0.1) is 0 Å². The maximum absolute atomic E-state index is 13.6. The van der Waals surface area contributed by atoms with Crippen molar-refractivity contribution in [2.75, 3.05) is 37.2 Å². The minimum Gasteiger partial charge on any atom is -0.392 e. The lowest BCUT2D eigenvalue weighted by Crippen LogP contribution is -2.40. The van der Waals surface area contributed by atoms with E-state index in [0.29, 0.717) is 37.7 Å². The molecule has 2 aliphatic heterocycles. The van der Waals surface area contributed by atoms with Crippen molar-refractivity contribution in [2.24, 2.45) is 0 Å². The van der Waals surface area contributed by atoms with Crippen LogP contribution in [0, 0.1) is 6.92 Å². The van der Waals surface area contributed by atoms with E-state index < -0.39 is 10.0 Å². The van der Waals surface area contributed by atoms with Gasteiger partial charge in [0.25, 0.3) is 10.0 Å². The van der Waals surface area contributed by atoms with Crippen LogP contribution in [0.3, 0.4) is 0 Å². The maximum Gasteiger partial charge on any atom is 0.268 e. The summed E-state index contributed by atoms with van der Waals surface area (Å²) in [5.74, 6) is 0. The molecule has 0 amide bonds. The number of ether oxygens (including phenoxy) is 1. The average molecular weight is 401 g/mol. The zero-order valence-electron chi connectivity index (χ0n) is 15.8. The molecular formula is C21H24N2O4S. The van der Waals surface area contributed by atoms with Gasteiger partial charge < -0.3 is 9.84 Å². The van der Waals surface area contributed by atoms with Gasteiger partial charge in [0.05, 0.1) is 42.1 Å². The summed E-state index contributed by atoms with van der Waals surface area (Å²) in [5, 5.41) is 9.67. The van der Waals surface area contributed by atoms with Gasteiger partial charge in [-0.3, -0.25) is 4.90 Å². The maximum atomic E-state index is 13.6. The summed E-state index contributed by atoms with van der Waals surface area (Å²) in [6, 6.07) is 14.2. The fraction of sp³-hybridized carbons (Fsp3) is 0.333. The topological polar surface area (TPSA) is 70.1 Å². The molecule has 2 aromatic rings. The highest BCUT2D eigenvalue weighted by Crippen LogP contribution is 2.48. The molecule has 0 radical (unpaired) electrons. The molecule has 0 aromatic heterocycles. The van der Waals surface area contributed by atoms with Crippen molar-refractivity contribution < 1.29 is 18.3 Å². The molecule has 1 atom stereocenters. The first-order valence-corrected chi connectivity index (χ1v) is 10.8. The van der Waals surface area contributed by atoms with Crippen LogP contribution in [0.4, 0.5) is 5.69 Å². The minimum atomic E-state index is -3.82. The first kappa shape index (κ1) is 19.1. The predicted molar refractivity (Wildman–Crippen MR) is 108 cm³/mol. The Kier molecular flexibility index (Phi) is 5.25. The van der Waals surface area contributed by atoms with Gasteiger partial charge in [0.1, 0.15) is 0 Å². The molecule has 7 heteroatoms. The van der Waals surface area contributed by atoms with E-state index in [1.54, 1.807) is 30.3 Å². The van der Waals surface area contributed by atoms with Crippen LogP contribution in [-0.4, -0.2) is 51.3 Å². The molecule has 28 heavy (non-hydrogen) atoms. The van der Waals surface area contributed by atoms with E-state index in [9.17, 15) is 13.5 Å². The lowest BCUT2D eigenvalue weighted by atomic mass is 10.0. The Morgan fingerprint density at radius 3 is 2.46 bits per heavy atom. The first-order valence-electron chi connectivity index (χ1n) is 9.37. The molecule has 4 rings (SSSR count). The Bertz CT molecular complexity index is 980. The standard InChI is InChI=1S/C21H24N2O4S/c1-16-6-8-17(9-7-16)28(25,26)23-19-5-3-2-4-18(19)21(20(23)10-13-24)22-11-14-27-15-12-22/h2-10,21,24H,11-15H2,1H3/b20-10+/t21-/m1/s1. The van der Waals surface area contributed by atoms with Crippen LogP contribution in [0.2, 0.25) is 0 Å². The van der Waals surface area contributed by atoms with Crippen molar-refractivity contribution in [3.05, 3.63) is 71.4 Å². The number of aliphatic hydroxyl groups excluding tert-OH is 1. The summed E-state index contributed by atoms with van der Waals surface area (Å²) in [5.41, 5.74) is 3.14. The molecule has 2 aromatic carbocycles. The number of sulfonamides is 1. The number of benzene rings is 2. The smallest absolute Gasteiger partial charge is 0.268 e. The molecule has 6 nitrogen and oxygen atoms in total. The van der Waals surface area contributed by atoms with Crippen LogP contribution in [0.1, 0.15) is 17.2 Å². The number of rotatable bonds is 4. The van der Waals surface area contributed by atoms with Gasteiger partial charge in [0, 0.05) is 18.7 Å². The van der Waals surface area contributed by atoms with Gasteiger partial charge in [-0.05, 0) is 31.2 Å². The van der Waals surface area contributed by atoms with E-state index in [1.807, 2.05) is 31.2 Å². The number of hydrogen-bond acceptors (Lipinski definition) is 5. The van der Waals surface area contributed by atoms with Crippen LogP contribution in [0.5, 0.6) is 0 Å². The summed E-state index contributed by atoms with van der Waals surface area (Å²) in [4.78, 5) is 2.45. The second-order valence-corrected chi connectivity index (χ2v) is 8.79. The quantitative estimate of drug-likeness (QED) is 0.854. The molecule has 0 bridgehead atoms. The van der Waals surface area contributed by atoms with Gasteiger partial charge in [-0.2, -0.15) is 0 Å². The molecule has 1 N–H and O–H groups in total. The van der Waals surface area contributed by atoms with Gasteiger partial charge in [-0.1, -0.05) is 35.9 Å². The third kappa shape index (κ3) is 3.24. The third-order valence-electron chi connectivity index (χ3n) is 5.24. The number of para-hydroxylation sites is 1. The number of hydrogen-bond donors (Lipinski definition) is 1. The summed E-state index contributed by atoms with van der Waals surface area (Å²) in [6.07, 6.45) is 1.60. The third-order valence-corrected chi connectivity index (χ3v) is 6.99. The Balaban J connectivity index is 1.86. The average Bonchev–Trinajstić information content (AvgIpc) is 3.04. The van der Waals surface area contributed by atoms with Crippen molar-refractivity contribution >= 4 is 15.7 Å². The summed E-state index contributed by atoms with van der Waals surface area (Å²) < 4.78 is 34.0. The van der Waals surface area contributed by atoms with Crippen molar-refractivity contribution in [3.8, 4) is 0 Å². The Morgan fingerprint density at radius 2 is 1.79 bits per heavy atom. The Hall–Kier alpha value is -2.19. The zero-order valence-corrected chi connectivity index (χ0v) is 16.6. The molecule has 1 fully saturated rings. The minimum absolute atomic E-state index is 0.229. The molecule has 0 spiro atoms. The molecule has 0 saturated carbocycles. The van der Waals surface area contributed by atoms with Gasteiger partial charge in [0.15, 0.2) is 0 Å². The molecule has 0 unspecified atom stereocenters. The van der Waals surface area contributed by atoms with Crippen molar-refractivity contribution in [1.82, 2.24) is 4.90 Å². The van der Waals surface area contributed by atoms with Gasteiger partial charge in [-0.25, -0.2) is 12.7 Å². The number of nitrogens with zero attached hydrogens (tertiary/aromatic N) is 2. The Morgan fingerprint density at radius 1 is 1.11 bits per heavy atom. The first-order chi connectivity index (χ1) is 13.5. The van der Waals surface area contributed by atoms with Gasteiger partial charge >= 0.3 is 0 Å². The number of fused-ring (bicyclic) bond motifs is 1. The molecule has 2 heterocycles. The number of aliphatic hydroxyl groups is 1. The zero-order chi connectivity index (χ0) is 19.7. The van der Waals surface area contributed by atoms with Gasteiger partial charge in [0.2, 0.25) is 0 Å².